The van der Waals surface area contributed by atoms with Gasteiger partial charge in [-0.15, -0.1) is 0 Å². The molecule has 0 saturated carbocycles. The summed E-state index contributed by atoms with van der Waals surface area (Å²) in [7, 11) is 1.91. The van der Waals surface area contributed by atoms with E-state index in [0.717, 1.165) is 18.1 Å². The number of hydrogen-bond donors (Lipinski definition) is 1. The van der Waals surface area contributed by atoms with E-state index in [1.54, 1.807) is 0 Å². The van der Waals surface area contributed by atoms with E-state index in [1.807, 2.05) is 14.0 Å². The van der Waals surface area contributed by atoms with Crippen molar-refractivity contribution in [1.29, 1.82) is 0 Å². The van der Waals surface area contributed by atoms with Crippen molar-refractivity contribution in [3.63, 3.8) is 0 Å². The molecule has 2 rings (SSSR count). The maximum Gasteiger partial charge on any atom is 0.203 e. The number of aromatic nitrogens is 2. The Hall–Kier alpha value is -1.77. The molecule has 0 saturated heterocycles. The first-order chi connectivity index (χ1) is 8.20. The van der Waals surface area contributed by atoms with E-state index in [0.29, 0.717) is 6.04 Å². The van der Waals surface area contributed by atoms with Gasteiger partial charge < -0.3 is 9.88 Å². The van der Waals surface area contributed by atoms with Crippen LogP contribution in [0.15, 0.2) is 36.5 Å². The Kier molecular flexibility index (Phi) is 3.47. The van der Waals surface area contributed by atoms with E-state index in [-0.39, 0.29) is 0 Å². The van der Waals surface area contributed by atoms with Crippen molar-refractivity contribution in [2.75, 3.05) is 12.4 Å². The molecule has 1 unspecified atom stereocenters. The summed E-state index contributed by atoms with van der Waals surface area (Å²) in [6.45, 7) is 4.24. The van der Waals surface area contributed by atoms with Crippen LogP contribution < -0.4 is 5.32 Å². The number of imidazole rings is 1. The van der Waals surface area contributed by atoms with E-state index < -0.39 is 0 Å². The molecule has 1 heterocycles. The smallest absolute Gasteiger partial charge is 0.203 e. The van der Waals surface area contributed by atoms with E-state index >= 15 is 0 Å². The molecule has 0 fully saturated rings. The summed E-state index contributed by atoms with van der Waals surface area (Å²) in [5.41, 5.74) is 2.41. The van der Waals surface area contributed by atoms with Gasteiger partial charge in [-0.05, 0) is 25.8 Å². The normalized spacial score (nSPS) is 12.4. The molecule has 0 spiro atoms. The van der Waals surface area contributed by atoms with Gasteiger partial charge in [-0.3, -0.25) is 0 Å². The Bertz CT molecular complexity index is 473. The molecule has 0 aliphatic rings. The fourth-order valence-electron chi connectivity index (χ4n) is 2.09. The minimum Gasteiger partial charge on any atom is -0.359 e. The molecule has 0 aliphatic carbocycles. The van der Waals surface area contributed by atoms with Gasteiger partial charge in [0.1, 0.15) is 0 Å². The predicted molar refractivity (Wildman–Crippen MR) is 71.4 cm³/mol. The Labute approximate surface area is 103 Å². The lowest BCUT2D eigenvalue weighted by atomic mass is 10.1. The van der Waals surface area contributed by atoms with Crippen molar-refractivity contribution in [2.24, 2.45) is 0 Å². The van der Waals surface area contributed by atoms with Crippen LogP contribution in [-0.2, 0) is 6.42 Å². The van der Waals surface area contributed by atoms with Gasteiger partial charge in [0.2, 0.25) is 5.95 Å². The first kappa shape index (κ1) is 11.7. The molecule has 2 aromatic rings. The van der Waals surface area contributed by atoms with Gasteiger partial charge in [-0.2, -0.15) is 0 Å². The molecule has 3 nitrogen and oxygen atoms in total. The van der Waals surface area contributed by atoms with Crippen LogP contribution in [0.25, 0.3) is 0 Å². The third-order valence-electron chi connectivity index (χ3n) is 2.93. The first-order valence-corrected chi connectivity index (χ1v) is 5.98. The van der Waals surface area contributed by atoms with Gasteiger partial charge >= 0.3 is 0 Å². The van der Waals surface area contributed by atoms with Gasteiger partial charge in [-0.25, -0.2) is 4.98 Å². The lowest BCUT2D eigenvalue weighted by Crippen LogP contribution is -2.10. The van der Waals surface area contributed by atoms with Crippen LogP contribution in [0.2, 0.25) is 0 Å². The zero-order chi connectivity index (χ0) is 12.3. The summed E-state index contributed by atoms with van der Waals surface area (Å²) < 4.78 is 2.20. The Morgan fingerprint density at radius 1 is 1.29 bits per heavy atom. The van der Waals surface area contributed by atoms with Crippen molar-refractivity contribution in [1.82, 2.24) is 9.55 Å². The standard InChI is InChI=1S/C14H19N3/c1-11-10-17(14(15-3)16-11)12(2)9-13-7-5-4-6-8-13/h4-8,10,12H,9H2,1-3H3,(H,15,16). The average molecular weight is 229 g/mol. The molecule has 1 aromatic heterocycles. The highest BCUT2D eigenvalue weighted by molar-refractivity contribution is 5.29. The average Bonchev–Trinajstić information content (AvgIpc) is 2.72. The first-order valence-electron chi connectivity index (χ1n) is 5.98. The largest absolute Gasteiger partial charge is 0.359 e. The quantitative estimate of drug-likeness (QED) is 0.873. The minimum atomic E-state index is 0.404. The van der Waals surface area contributed by atoms with Crippen LogP contribution in [0.1, 0.15) is 24.2 Å². The highest BCUT2D eigenvalue weighted by atomic mass is 15.2. The fraction of sp³-hybridized carbons (Fsp3) is 0.357. The Morgan fingerprint density at radius 3 is 2.65 bits per heavy atom. The molecule has 0 amide bonds. The molecule has 3 heteroatoms. The van der Waals surface area contributed by atoms with Crippen LogP contribution in [0, 0.1) is 6.92 Å². The summed E-state index contributed by atoms with van der Waals surface area (Å²) >= 11 is 0. The van der Waals surface area contributed by atoms with E-state index in [1.165, 1.54) is 5.56 Å². The third-order valence-corrected chi connectivity index (χ3v) is 2.93. The summed E-state index contributed by atoms with van der Waals surface area (Å²) in [4.78, 5) is 4.44. The monoisotopic (exact) mass is 229 g/mol. The van der Waals surface area contributed by atoms with Gasteiger partial charge in [0.05, 0.1) is 5.69 Å². The molecular weight excluding hydrogens is 210 g/mol. The molecule has 90 valence electrons. The number of rotatable bonds is 4. The second-order valence-corrected chi connectivity index (χ2v) is 4.40. The molecule has 1 aromatic carbocycles. The third kappa shape index (κ3) is 2.67. The summed E-state index contributed by atoms with van der Waals surface area (Å²) in [5.74, 6) is 0.936. The maximum absolute atomic E-state index is 4.44. The summed E-state index contributed by atoms with van der Waals surface area (Å²) in [5, 5.41) is 3.13. The Balaban J connectivity index is 2.17. The molecule has 1 atom stereocenters. The maximum atomic E-state index is 4.44. The molecular formula is C14H19N3. The number of aryl methyl sites for hydroxylation is 1. The second kappa shape index (κ2) is 5.04. The summed E-state index contributed by atoms with van der Waals surface area (Å²) in [6, 6.07) is 11.0. The minimum absolute atomic E-state index is 0.404. The van der Waals surface area contributed by atoms with Crippen molar-refractivity contribution in [3.8, 4) is 0 Å². The van der Waals surface area contributed by atoms with Crippen LogP contribution in [0.4, 0.5) is 5.95 Å². The number of hydrogen-bond acceptors (Lipinski definition) is 2. The number of benzene rings is 1. The zero-order valence-electron chi connectivity index (χ0n) is 10.6. The number of anilines is 1. The van der Waals surface area contributed by atoms with Gasteiger partial charge in [0.15, 0.2) is 0 Å². The van der Waals surface area contributed by atoms with E-state index in [9.17, 15) is 0 Å². The zero-order valence-corrected chi connectivity index (χ0v) is 10.6. The summed E-state index contributed by atoms with van der Waals surface area (Å²) in [6.07, 6.45) is 3.12. The van der Waals surface area contributed by atoms with Crippen LogP contribution in [0.3, 0.4) is 0 Å². The van der Waals surface area contributed by atoms with Crippen LogP contribution in [-0.4, -0.2) is 16.6 Å². The molecule has 1 N–H and O–H groups in total. The SMILES string of the molecule is CNc1nc(C)cn1C(C)Cc1ccccc1. The molecule has 0 aliphatic heterocycles. The molecule has 0 bridgehead atoms. The van der Waals surface area contributed by atoms with E-state index in [2.05, 4.69) is 58.3 Å². The van der Waals surface area contributed by atoms with E-state index in [4.69, 9.17) is 0 Å². The predicted octanol–water partition coefficient (Wildman–Crippen LogP) is 3.04. The number of nitrogens with zero attached hydrogens (tertiary/aromatic N) is 2. The highest BCUT2D eigenvalue weighted by Crippen LogP contribution is 2.19. The van der Waals surface area contributed by atoms with Crippen LogP contribution in [0.5, 0.6) is 0 Å². The van der Waals surface area contributed by atoms with Crippen LogP contribution >= 0.6 is 0 Å². The van der Waals surface area contributed by atoms with Crippen molar-refractivity contribution in [2.45, 2.75) is 26.3 Å². The fourth-order valence-corrected chi connectivity index (χ4v) is 2.09. The number of nitrogens with one attached hydrogen (secondary N) is 1. The second-order valence-electron chi connectivity index (χ2n) is 4.40. The van der Waals surface area contributed by atoms with Gasteiger partial charge in [0.25, 0.3) is 0 Å². The van der Waals surface area contributed by atoms with Gasteiger partial charge in [0, 0.05) is 19.3 Å². The molecule has 17 heavy (non-hydrogen) atoms. The molecule has 0 radical (unpaired) electrons. The van der Waals surface area contributed by atoms with Crippen molar-refractivity contribution in [3.05, 3.63) is 47.8 Å². The lowest BCUT2D eigenvalue weighted by molar-refractivity contribution is 0.550. The van der Waals surface area contributed by atoms with Crippen molar-refractivity contribution >= 4 is 5.95 Å². The van der Waals surface area contributed by atoms with Crippen molar-refractivity contribution < 1.29 is 0 Å². The Morgan fingerprint density at radius 2 is 2.00 bits per heavy atom. The lowest BCUT2D eigenvalue weighted by Gasteiger charge is -2.16. The topological polar surface area (TPSA) is 29.9 Å². The van der Waals surface area contributed by atoms with Gasteiger partial charge in [-0.1, -0.05) is 30.3 Å². The highest BCUT2D eigenvalue weighted by Gasteiger charge is 2.11.